The smallest absolute Gasteiger partial charge is 0.223 e. The molecule has 0 spiro atoms. The lowest BCUT2D eigenvalue weighted by molar-refractivity contribution is 0.198. The summed E-state index contributed by atoms with van der Waals surface area (Å²) in [7, 11) is 0. The molecule has 0 saturated heterocycles. The van der Waals surface area contributed by atoms with Gasteiger partial charge in [-0.05, 0) is 24.6 Å². The molecule has 0 aliphatic carbocycles. The van der Waals surface area contributed by atoms with Crippen molar-refractivity contribution >= 4 is 0 Å². The Morgan fingerprint density at radius 1 is 1.47 bits per heavy atom. The maximum Gasteiger partial charge on any atom is 0.223 e. The van der Waals surface area contributed by atoms with Crippen LogP contribution < -0.4 is 4.74 Å². The lowest BCUT2D eigenvalue weighted by Crippen LogP contribution is -1.99. The molecule has 0 unspecified atom stereocenters. The summed E-state index contributed by atoms with van der Waals surface area (Å²) in [6.07, 6.45) is -0.508. The Hall–Kier alpha value is -1.88. The normalized spacial score (nSPS) is 12.4. The second-order valence-corrected chi connectivity index (χ2v) is 3.77. The largest absolute Gasteiger partial charge is 0.485 e. The number of aromatic nitrogens is 2. The van der Waals surface area contributed by atoms with Gasteiger partial charge < -0.3 is 14.4 Å². The van der Waals surface area contributed by atoms with Gasteiger partial charge in [-0.3, -0.25) is 0 Å². The zero-order valence-corrected chi connectivity index (χ0v) is 9.75. The summed E-state index contributed by atoms with van der Waals surface area (Å²) in [6, 6.07) is 7.28. The standard InChI is InChI=1S/C12H14N2O3/c1-8(15)10-4-3-5-11(6-10)16-7-12-13-9(2)17-14-12/h3-6,8,15H,7H2,1-2H3/t8-/m0/s1. The van der Waals surface area contributed by atoms with Gasteiger partial charge in [-0.2, -0.15) is 4.98 Å². The van der Waals surface area contributed by atoms with Crippen molar-refractivity contribution in [2.75, 3.05) is 0 Å². The zero-order chi connectivity index (χ0) is 12.3. The molecule has 0 amide bonds. The molecule has 1 heterocycles. The highest BCUT2D eigenvalue weighted by molar-refractivity contribution is 5.29. The van der Waals surface area contributed by atoms with E-state index in [4.69, 9.17) is 9.26 Å². The maximum atomic E-state index is 9.44. The van der Waals surface area contributed by atoms with Crippen LogP contribution in [0.3, 0.4) is 0 Å². The predicted octanol–water partition coefficient (Wildman–Crippen LogP) is 2.01. The lowest BCUT2D eigenvalue weighted by atomic mass is 10.1. The first-order valence-corrected chi connectivity index (χ1v) is 5.35. The highest BCUT2D eigenvalue weighted by atomic mass is 16.5. The van der Waals surface area contributed by atoms with E-state index in [0.717, 1.165) is 5.56 Å². The summed E-state index contributed by atoms with van der Waals surface area (Å²) in [6.45, 7) is 3.69. The van der Waals surface area contributed by atoms with Crippen molar-refractivity contribution < 1.29 is 14.4 Å². The fourth-order valence-corrected chi connectivity index (χ4v) is 1.41. The van der Waals surface area contributed by atoms with Crippen LogP contribution in [0, 0.1) is 6.92 Å². The molecule has 0 saturated carbocycles. The van der Waals surface area contributed by atoms with E-state index in [0.29, 0.717) is 17.5 Å². The third kappa shape index (κ3) is 3.04. The number of aryl methyl sites for hydroxylation is 1. The minimum absolute atomic E-state index is 0.251. The number of rotatable bonds is 4. The third-order valence-corrected chi connectivity index (χ3v) is 2.28. The van der Waals surface area contributed by atoms with Crippen LogP contribution in [0.1, 0.15) is 30.3 Å². The number of nitrogens with zero attached hydrogens (tertiary/aromatic N) is 2. The van der Waals surface area contributed by atoms with Gasteiger partial charge in [0.1, 0.15) is 5.75 Å². The minimum atomic E-state index is -0.508. The van der Waals surface area contributed by atoms with Crippen LogP contribution in [-0.2, 0) is 6.61 Å². The monoisotopic (exact) mass is 234 g/mol. The van der Waals surface area contributed by atoms with Gasteiger partial charge in [0, 0.05) is 6.92 Å². The molecule has 5 heteroatoms. The first-order valence-electron chi connectivity index (χ1n) is 5.35. The van der Waals surface area contributed by atoms with Crippen LogP contribution in [0.15, 0.2) is 28.8 Å². The van der Waals surface area contributed by atoms with Gasteiger partial charge in [0.25, 0.3) is 0 Å². The topological polar surface area (TPSA) is 68.4 Å². The first-order chi connectivity index (χ1) is 8.15. The second-order valence-electron chi connectivity index (χ2n) is 3.77. The molecule has 90 valence electrons. The van der Waals surface area contributed by atoms with Crippen LogP contribution in [0.5, 0.6) is 5.75 Å². The summed E-state index contributed by atoms with van der Waals surface area (Å²) in [4.78, 5) is 4.03. The second kappa shape index (κ2) is 4.97. The molecule has 0 radical (unpaired) electrons. The number of hydrogen-bond acceptors (Lipinski definition) is 5. The van der Waals surface area contributed by atoms with Gasteiger partial charge in [-0.15, -0.1) is 0 Å². The Balaban J connectivity index is 2.01. The molecule has 17 heavy (non-hydrogen) atoms. The average Bonchev–Trinajstić information content (AvgIpc) is 2.73. The van der Waals surface area contributed by atoms with E-state index in [9.17, 15) is 5.11 Å². The van der Waals surface area contributed by atoms with Crippen LogP contribution >= 0.6 is 0 Å². The number of ether oxygens (including phenoxy) is 1. The van der Waals surface area contributed by atoms with Gasteiger partial charge in [0.15, 0.2) is 6.61 Å². The molecule has 0 aliphatic rings. The van der Waals surface area contributed by atoms with Crippen LogP contribution in [0.2, 0.25) is 0 Å². The molecule has 1 atom stereocenters. The Morgan fingerprint density at radius 2 is 2.29 bits per heavy atom. The molecule has 2 aromatic rings. The molecule has 0 aliphatic heterocycles. The van der Waals surface area contributed by atoms with Gasteiger partial charge in [-0.25, -0.2) is 0 Å². The third-order valence-electron chi connectivity index (χ3n) is 2.28. The average molecular weight is 234 g/mol. The number of benzene rings is 1. The van der Waals surface area contributed by atoms with Gasteiger partial charge in [-0.1, -0.05) is 17.3 Å². The predicted molar refractivity (Wildman–Crippen MR) is 60.4 cm³/mol. The quantitative estimate of drug-likeness (QED) is 0.876. The summed E-state index contributed by atoms with van der Waals surface area (Å²) in [5, 5.41) is 13.2. The Labute approximate surface area is 99.0 Å². The molecular weight excluding hydrogens is 220 g/mol. The van der Waals surface area contributed by atoms with E-state index in [2.05, 4.69) is 10.1 Å². The Bertz CT molecular complexity index is 494. The van der Waals surface area contributed by atoms with Crippen molar-refractivity contribution in [2.45, 2.75) is 26.6 Å². The van der Waals surface area contributed by atoms with Gasteiger partial charge in [0.2, 0.25) is 11.7 Å². The summed E-state index contributed by atoms with van der Waals surface area (Å²) in [5.74, 6) is 1.69. The molecule has 1 aromatic carbocycles. The van der Waals surface area contributed by atoms with Crippen molar-refractivity contribution in [3.8, 4) is 5.75 Å². The van der Waals surface area contributed by atoms with Gasteiger partial charge in [0.05, 0.1) is 6.10 Å². The van der Waals surface area contributed by atoms with E-state index in [1.807, 2.05) is 18.2 Å². The molecule has 0 bridgehead atoms. The van der Waals surface area contributed by atoms with E-state index < -0.39 is 6.10 Å². The molecule has 1 N–H and O–H groups in total. The number of aliphatic hydroxyl groups excluding tert-OH is 1. The molecule has 1 aromatic heterocycles. The van der Waals surface area contributed by atoms with Crippen LogP contribution in [0.4, 0.5) is 0 Å². The Morgan fingerprint density at radius 3 is 2.94 bits per heavy atom. The molecular formula is C12H14N2O3. The molecule has 0 fully saturated rings. The fourth-order valence-electron chi connectivity index (χ4n) is 1.41. The highest BCUT2D eigenvalue weighted by Gasteiger charge is 2.05. The fraction of sp³-hybridized carbons (Fsp3) is 0.333. The first kappa shape index (κ1) is 11.6. The van der Waals surface area contributed by atoms with Crippen LogP contribution in [0.25, 0.3) is 0 Å². The van der Waals surface area contributed by atoms with E-state index in [-0.39, 0.29) is 6.61 Å². The number of hydrogen-bond donors (Lipinski definition) is 1. The van der Waals surface area contributed by atoms with E-state index in [1.54, 1.807) is 19.9 Å². The lowest BCUT2D eigenvalue weighted by Gasteiger charge is -2.07. The zero-order valence-electron chi connectivity index (χ0n) is 9.75. The van der Waals surface area contributed by atoms with Crippen molar-refractivity contribution in [2.24, 2.45) is 0 Å². The summed E-state index contributed by atoms with van der Waals surface area (Å²) >= 11 is 0. The molecule has 2 rings (SSSR count). The van der Waals surface area contributed by atoms with Crippen molar-refractivity contribution in [1.82, 2.24) is 10.1 Å². The summed E-state index contributed by atoms with van der Waals surface area (Å²) < 4.78 is 10.3. The van der Waals surface area contributed by atoms with Crippen molar-refractivity contribution in [1.29, 1.82) is 0 Å². The maximum absolute atomic E-state index is 9.44. The van der Waals surface area contributed by atoms with Crippen LogP contribution in [-0.4, -0.2) is 15.2 Å². The van der Waals surface area contributed by atoms with E-state index >= 15 is 0 Å². The highest BCUT2D eigenvalue weighted by Crippen LogP contribution is 2.19. The van der Waals surface area contributed by atoms with Gasteiger partial charge >= 0.3 is 0 Å². The van der Waals surface area contributed by atoms with Crippen molar-refractivity contribution in [3.63, 3.8) is 0 Å². The number of aliphatic hydroxyl groups is 1. The molecule has 5 nitrogen and oxygen atoms in total. The van der Waals surface area contributed by atoms with E-state index in [1.165, 1.54) is 0 Å². The summed E-state index contributed by atoms with van der Waals surface area (Å²) in [5.41, 5.74) is 0.812. The minimum Gasteiger partial charge on any atom is -0.485 e. The SMILES string of the molecule is Cc1nc(COc2cccc([C@H](C)O)c2)no1. The Kier molecular flexibility index (Phi) is 3.39. The van der Waals surface area contributed by atoms with Crippen molar-refractivity contribution in [3.05, 3.63) is 41.5 Å².